The van der Waals surface area contributed by atoms with Crippen LogP contribution in [0.2, 0.25) is 0 Å². The maximum Gasteiger partial charge on any atom is 0.408 e. The highest BCUT2D eigenvalue weighted by Crippen LogP contribution is 2.21. The summed E-state index contributed by atoms with van der Waals surface area (Å²) in [4.78, 5) is 24.4. The molecule has 1 amide bonds. The van der Waals surface area contributed by atoms with Gasteiger partial charge in [0.1, 0.15) is 11.6 Å². The van der Waals surface area contributed by atoms with E-state index in [1.54, 1.807) is 27.7 Å². The van der Waals surface area contributed by atoms with E-state index in [0.29, 0.717) is 6.42 Å². The molecular formula is C13H19NO3S. The predicted molar refractivity (Wildman–Crippen MR) is 71.7 cm³/mol. The van der Waals surface area contributed by atoms with Gasteiger partial charge >= 0.3 is 6.09 Å². The van der Waals surface area contributed by atoms with Crippen molar-refractivity contribution in [3.63, 3.8) is 0 Å². The molecular weight excluding hydrogens is 250 g/mol. The van der Waals surface area contributed by atoms with E-state index < -0.39 is 17.7 Å². The van der Waals surface area contributed by atoms with Crippen molar-refractivity contribution in [3.05, 3.63) is 22.4 Å². The molecule has 1 N–H and O–H groups in total. The molecule has 1 aromatic rings. The average Bonchev–Trinajstić information content (AvgIpc) is 2.75. The van der Waals surface area contributed by atoms with Crippen LogP contribution >= 0.6 is 11.3 Å². The van der Waals surface area contributed by atoms with Gasteiger partial charge in [-0.2, -0.15) is 0 Å². The topological polar surface area (TPSA) is 55.4 Å². The van der Waals surface area contributed by atoms with Crippen LogP contribution in [0.3, 0.4) is 0 Å². The molecule has 1 rings (SSSR count). The second kappa shape index (κ2) is 6.00. The Morgan fingerprint density at radius 3 is 2.56 bits per heavy atom. The molecule has 1 unspecified atom stereocenters. The Morgan fingerprint density at radius 1 is 1.44 bits per heavy atom. The summed E-state index contributed by atoms with van der Waals surface area (Å²) < 4.78 is 5.16. The second-order valence-corrected chi connectivity index (χ2v) is 5.89. The Bertz CT molecular complexity index is 406. The fourth-order valence-electron chi connectivity index (χ4n) is 1.40. The molecule has 0 fully saturated rings. The Kier molecular flexibility index (Phi) is 4.90. The van der Waals surface area contributed by atoms with Gasteiger partial charge in [-0.3, -0.25) is 4.79 Å². The molecule has 1 atom stereocenters. The van der Waals surface area contributed by atoms with E-state index in [1.165, 1.54) is 11.3 Å². The van der Waals surface area contributed by atoms with Gasteiger partial charge in [0, 0.05) is 11.3 Å². The standard InChI is InChI=1S/C13H19NO3S/c1-5-9(15)11(10-7-6-8-18-10)14-12(16)17-13(2,3)4/h6-8,11H,5H2,1-4H3,(H,14,16). The summed E-state index contributed by atoms with van der Waals surface area (Å²) in [5.41, 5.74) is -0.570. The Hall–Kier alpha value is -1.36. The van der Waals surface area contributed by atoms with Gasteiger partial charge < -0.3 is 10.1 Å². The van der Waals surface area contributed by atoms with E-state index in [4.69, 9.17) is 4.74 Å². The highest BCUT2D eigenvalue weighted by molar-refractivity contribution is 7.10. The minimum absolute atomic E-state index is 0.0247. The van der Waals surface area contributed by atoms with E-state index in [0.717, 1.165) is 4.88 Å². The lowest BCUT2D eigenvalue weighted by molar-refractivity contribution is -0.120. The second-order valence-electron chi connectivity index (χ2n) is 4.91. The molecule has 0 bridgehead atoms. The van der Waals surface area contributed by atoms with Crippen LogP contribution in [0, 0.1) is 0 Å². The zero-order valence-electron chi connectivity index (χ0n) is 11.1. The van der Waals surface area contributed by atoms with E-state index in [9.17, 15) is 9.59 Å². The summed E-state index contributed by atoms with van der Waals surface area (Å²) in [5.74, 6) is -0.0247. The molecule has 18 heavy (non-hydrogen) atoms. The average molecular weight is 269 g/mol. The molecule has 0 aliphatic carbocycles. The van der Waals surface area contributed by atoms with Crippen LogP contribution < -0.4 is 5.32 Å². The molecule has 0 radical (unpaired) electrons. The first kappa shape index (κ1) is 14.7. The van der Waals surface area contributed by atoms with Crippen LogP contribution in [-0.4, -0.2) is 17.5 Å². The monoisotopic (exact) mass is 269 g/mol. The molecule has 0 aliphatic rings. The maximum atomic E-state index is 11.8. The zero-order valence-corrected chi connectivity index (χ0v) is 12.0. The SMILES string of the molecule is CCC(=O)C(NC(=O)OC(C)(C)C)c1cccs1. The number of rotatable bonds is 4. The van der Waals surface area contributed by atoms with Crippen LogP contribution in [0.5, 0.6) is 0 Å². The lowest BCUT2D eigenvalue weighted by Crippen LogP contribution is -2.37. The molecule has 0 aromatic carbocycles. The smallest absolute Gasteiger partial charge is 0.408 e. The van der Waals surface area contributed by atoms with Gasteiger partial charge in [-0.25, -0.2) is 4.79 Å². The third kappa shape index (κ3) is 4.49. The quantitative estimate of drug-likeness (QED) is 0.912. The van der Waals surface area contributed by atoms with Gasteiger partial charge in [0.25, 0.3) is 0 Å². The summed E-state index contributed by atoms with van der Waals surface area (Å²) in [6.07, 6.45) is -0.194. The van der Waals surface area contributed by atoms with Crippen molar-refractivity contribution in [1.82, 2.24) is 5.32 Å². The first-order valence-electron chi connectivity index (χ1n) is 5.89. The predicted octanol–water partition coefficient (Wildman–Crippen LogP) is 3.29. The number of carbonyl (C=O) groups is 2. The molecule has 0 saturated heterocycles. The third-order valence-corrected chi connectivity index (χ3v) is 3.10. The minimum atomic E-state index is -0.607. The summed E-state index contributed by atoms with van der Waals surface area (Å²) in [5, 5.41) is 4.50. The third-order valence-electron chi connectivity index (χ3n) is 2.16. The van der Waals surface area contributed by atoms with E-state index in [-0.39, 0.29) is 5.78 Å². The number of ketones is 1. The van der Waals surface area contributed by atoms with E-state index in [1.807, 2.05) is 17.5 Å². The maximum absolute atomic E-state index is 11.8. The minimum Gasteiger partial charge on any atom is -0.444 e. The van der Waals surface area contributed by atoms with E-state index >= 15 is 0 Å². The molecule has 4 nitrogen and oxygen atoms in total. The molecule has 1 aromatic heterocycles. The lowest BCUT2D eigenvalue weighted by atomic mass is 10.1. The highest BCUT2D eigenvalue weighted by atomic mass is 32.1. The Morgan fingerprint density at radius 2 is 2.11 bits per heavy atom. The van der Waals surface area contributed by atoms with Crippen molar-refractivity contribution in [1.29, 1.82) is 0 Å². The van der Waals surface area contributed by atoms with Crippen LogP contribution in [0.4, 0.5) is 4.79 Å². The normalized spacial score (nSPS) is 12.9. The number of nitrogens with one attached hydrogen (secondary N) is 1. The Balaban J connectivity index is 2.75. The molecule has 0 aliphatic heterocycles. The van der Waals surface area contributed by atoms with Crippen molar-refractivity contribution < 1.29 is 14.3 Å². The molecule has 0 saturated carbocycles. The fraction of sp³-hybridized carbons (Fsp3) is 0.538. The van der Waals surface area contributed by atoms with Crippen LogP contribution in [0.1, 0.15) is 45.0 Å². The fourth-order valence-corrected chi connectivity index (χ4v) is 2.19. The number of carbonyl (C=O) groups excluding carboxylic acids is 2. The summed E-state index contributed by atoms with van der Waals surface area (Å²) >= 11 is 1.44. The number of hydrogen-bond donors (Lipinski definition) is 1. The molecule has 5 heteroatoms. The van der Waals surface area contributed by atoms with Crippen molar-refractivity contribution in [2.45, 2.75) is 45.8 Å². The van der Waals surface area contributed by atoms with Crippen molar-refractivity contribution in [2.75, 3.05) is 0 Å². The van der Waals surface area contributed by atoms with Gasteiger partial charge in [-0.05, 0) is 32.2 Å². The van der Waals surface area contributed by atoms with Crippen molar-refractivity contribution in [3.8, 4) is 0 Å². The lowest BCUT2D eigenvalue weighted by Gasteiger charge is -2.22. The van der Waals surface area contributed by atoms with Gasteiger partial charge in [-0.1, -0.05) is 13.0 Å². The first-order valence-corrected chi connectivity index (χ1v) is 6.77. The van der Waals surface area contributed by atoms with Gasteiger partial charge in [0.2, 0.25) is 0 Å². The zero-order chi connectivity index (χ0) is 13.8. The number of thiophene rings is 1. The first-order chi connectivity index (χ1) is 8.33. The molecule has 1 heterocycles. The number of hydrogen-bond acceptors (Lipinski definition) is 4. The van der Waals surface area contributed by atoms with Gasteiger partial charge in [0.15, 0.2) is 5.78 Å². The summed E-state index contributed by atoms with van der Waals surface area (Å²) in [6.45, 7) is 7.14. The highest BCUT2D eigenvalue weighted by Gasteiger charge is 2.25. The van der Waals surface area contributed by atoms with E-state index in [2.05, 4.69) is 5.32 Å². The van der Waals surface area contributed by atoms with Crippen molar-refractivity contribution in [2.24, 2.45) is 0 Å². The number of ether oxygens (including phenoxy) is 1. The number of amides is 1. The number of Topliss-reactive ketones (excluding diaryl/α,β-unsaturated/α-hetero) is 1. The number of alkyl carbamates (subject to hydrolysis) is 1. The molecule has 0 spiro atoms. The van der Waals surface area contributed by atoms with Gasteiger partial charge in [0.05, 0.1) is 0 Å². The summed E-state index contributed by atoms with van der Waals surface area (Å²) in [6, 6.07) is 3.08. The molecule has 100 valence electrons. The van der Waals surface area contributed by atoms with Gasteiger partial charge in [-0.15, -0.1) is 11.3 Å². The Labute approximate surface area is 111 Å². The van der Waals surface area contributed by atoms with Crippen LogP contribution in [0.25, 0.3) is 0 Å². The largest absolute Gasteiger partial charge is 0.444 e. The summed E-state index contributed by atoms with van der Waals surface area (Å²) in [7, 11) is 0. The van der Waals surface area contributed by atoms with Crippen molar-refractivity contribution >= 4 is 23.2 Å². The van der Waals surface area contributed by atoms with Crippen LogP contribution in [-0.2, 0) is 9.53 Å². The van der Waals surface area contributed by atoms with Crippen LogP contribution in [0.15, 0.2) is 17.5 Å².